The molecule has 166 valence electrons. The van der Waals surface area contributed by atoms with Crippen molar-refractivity contribution in [2.75, 3.05) is 13.1 Å². The molecule has 0 aliphatic rings. The van der Waals surface area contributed by atoms with E-state index in [1.165, 1.54) is 18.4 Å². The molecule has 5 heteroatoms. The number of nitrogens with one attached hydrogen (secondary N) is 1. The summed E-state index contributed by atoms with van der Waals surface area (Å²) in [6.07, 6.45) is 4.86. The highest BCUT2D eigenvalue weighted by Crippen LogP contribution is 2.28. The molecule has 5 nitrogen and oxygen atoms in total. The smallest absolute Gasteiger partial charge is 0.235 e. The maximum Gasteiger partial charge on any atom is 0.235 e. The fraction of sp³-hybridized carbons (Fsp3) is 0.107. The summed E-state index contributed by atoms with van der Waals surface area (Å²) in [5.74, 6) is 0.428. The lowest BCUT2D eigenvalue weighted by atomic mass is 10.1. The molecule has 1 N–H and O–H groups in total. The van der Waals surface area contributed by atoms with Crippen LogP contribution in [-0.2, 0) is 6.54 Å². The van der Waals surface area contributed by atoms with Gasteiger partial charge >= 0.3 is 0 Å². The Morgan fingerprint density at radius 3 is 2.24 bits per heavy atom. The first-order valence-corrected chi connectivity index (χ1v) is 10.7. The molecular formula is C28H25NO4. The molecule has 4 aromatic rings. The van der Waals surface area contributed by atoms with Crippen LogP contribution in [0.4, 0.5) is 0 Å². The maximum absolute atomic E-state index is 13.1. The van der Waals surface area contributed by atoms with Crippen LogP contribution in [0.25, 0.3) is 22.1 Å². The molecule has 0 saturated carbocycles. The van der Waals surface area contributed by atoms with Crippen LogP contribution in [0.2, 0.25) is 0 Å². The highest BCUT2D eigenvalue weighted by molar-refractivity contribution is 5.82. The maximum atomic E-state index is 13.1. The van der Waals surface area contributed by atoms with Gasteiger partial charge < -0.3 is 19.2 Å². The lowest BCUT2D eigenvalue weighted by Crippen LogP contribution is -3.10. The zero-order valence-corrected chi connectivity index (χ0v) is 18.3. The first kappa shape index (κ1) is 22.1. The Morgan fingerprint density at radius 2 is 1.58 bits per heavy atom. The van der Waals surface area contributed by atoms with Crippen LogP contribution in [0.3, 0.4) is 0 Å². The monoisotopic (exact) mass is 439 g/mol. The molecule has 0 spiro atoms. The summed E-state index contributed by atoms with van der Waals surface area (Å²) in [6.45, 7) is 9.27. The van der Waals surface area contributed by atoms with E-state index < -0.39 is 0 Å². The molecule has 0 aliphatic heterocycles. The predicted molar refractivity (Wildman–Crippen MR) is 129 cm³/mol. The van der Waals surface area contributed by atoms with Crippen molar-refractivity contribution < 1.29 is 19.2 Å². The standard InChI is InChI=1S/C28H25NO4/c1-3-16-29(17-4-2)18-24-25(30)15-14-23-27(31)26(19-32-28(23)24)33-22-12-10-21(11-13-22)20-8-6-5-7-9-20/h3-15,19,30H,1-2,16-18H2. The zero-order valence-electron chi connectivity index (χ0n) is 18.3. The third kappa shape index (κ3) is 4.89. The quantitative estimate of drug-likeness (QED) is 0.399. The van der Waals surface area contributed by atoms with Crippen LogP contribution in [0.1, 0.15) is 5.56 Å². The highest BCUT2D eigenvalue weighted by atomic mass is 16.5. The number of rotatable bonds is 9. The zero-order chi connectivity index (χ0) is 23.2. The van der Waals surface area contributed by atoms with Crippen LogP contribution in [0.15, 0.2) is 108 Å². The largest absolute Gasteiger partial charge is 0.872 e. The van der Waals surface area contributed by atoms with Crippen LogP contribution in [0, 0.1) is 0 Å². The second-order valence-electron chi connectivity index (χ2n) is 7.75. The molecule has 3 aromatic carbocycles. The normalized spacial score (nSPS) is 10.9. The lowest BCUT2D eigenvalue weighted by molar-refractivity contribution is -0.902. The van der Waals surface area contributed by atoms with Crippen molar-refractivity contribution in [1.29, 1.82) is 0 Å². The van der Waals surface area contributed by atoms with Crippen LogP contribution in [0.5, 0.6) is 17.2 Å². The van der Waals surface area contributed by atoms with E-state index in [9.17, 15) is 9.90 Å². The van der Waals surface area contributed by atoms with Gasteiger partial charge in [-0.05, 0) is 41.5 Å². The molecule has 0 amide bonds. The minimum atomic E-state index is -0.321. The Bertz CT molecular complexity index is 1310. The number of fused-ring (bicyclic) bond motifs is 1. The minimum absolute atomic E-state index is 0.0703. The number of hydrogen-bond donors (Lipinski definition) is 1. The van der Waals surface area contributed by atoms with E-state index in [1.54, 1.807) is 12.2 Å². The molecule has 0 atom stereocenters. The highest BCUT2D eigenvalue weighted by Gasteiger charge is 2.16. The summed E-state index contributed by atoms with van der Waals surface area (Å²) >= 11 is 0. The summed E-state index contributed by atoms with van der Waals surface area (Å²) in [7, 11) is 0. The SMILES string of the molecule is C=CC[NH+](CC=C)Cc1c([O-])ccc2c(=O)c(Oc3ccc(-c4ccccc4)cc3)coc12. The third-order valence-corrected chi connectivity index (χ3v) is 5.45. The summed E-state index contributed by atoms with van der Waals surface area (Å²) in [6, 6.07) is 20.4. The van der Waals surface area contributed by atoms with Crippen molar-refractivity contribution in [2.45, 2.75) is 6.54 Å². The number of quaternary nitrogens is 1. The van der Waals surface area contributed by atoms with Crippen molar-refractivity contribution in [1.82, 2.24) is 0 Å². The van der Waals surface area contributed by atoms with Crippen molar-refractivity contribution in [2.24, 2.45) is 0 Å². The minimum Gasteiger partial charge on any atom is -0.872 e. The van der Waals surface area contributed by atoms with Gasteiger partial charge in [0.05, 0.1) is 18.5 Å². The molecule has 0 unspecified atom stereocenters. The molecule has 1 heterocycles. The first-order valence-electron chi connectivity index (χ1n) is 10.7. The Balaban J connectivity index is 1.63. The lowest BCUT2D eigenvalue weighted by Gasteiger charge is -2.21. The molecule has 1 aromatic heterocycles. The van der Waals surface area contributed by atoms with Crippen molar-refractivity contribution >= 4 is 11.0 Å². The summed E-state index contributed by atoms with van der Waals surface area (Å²) < 4.78 is 11.6. The van der Waals surface area contributed by atoms with Gasteiger partial charge in [0.1, 0.15) is 24.1 Å². The molecule has 4 rings (SSSR count). The Morgan fingerprint density at radius 1 is 0.909 bits per heavy atom. The van der Waals surface area contributed by atoms with Gasteiger partial charge in [-0.1, -0.05) is 67.4 Å². The van der Waals surface area contributed by atoms with Gasteiger partial charge in [-0.3, -0.25) is 4.79 Å². The van der Waals surface area contributed by atoms with Gasteiger partial charge in [0.15, 0.2) is 0 Å². The van der Waals surface area contributed by atoms with Gasteiger partial charge in [0, 0.05) is 5.56 Å². The van der Waals surface area contributed by atoms with E-state index in [-0.39, 0.29) is 16.9 Å². The van der Waals surface area contributed by atoms with Gasteiger partial charge in [0.25, 0.3) is 0 Å². The van der Waals surface area contributed by atoms with E-state index >= 15 is 0 Å². The number of hydrogen-bond acceptors (Lipinski definition) is 4. The van der Waals surface area contributed by atoms with E-state index in [2.05, 4.69) is 13.2 Å². The fourth-order valence-corrected chi connectivity index (χ4v) is 3.82. The summed E-state index contributed by atoms with van der Waals surface area (Å²) in [5.41, 5.74) is 2.58. The van der Waals surface area contributed by atoms with Gasteiger partial charge in [-0.15, -0.1) is 0 Å². The van der Waals surface area contributed by atoms with Crippen LogP contribution < -0.4 is 20.2 Å². The van der Waals surface area contributed by atoms with Crippen molar-refractivity contribution in [3.63, 3.8) is 0 Å². The molecular weight excluding hydrogens is 414 g/mol. The molecule has 0 fully saturated rings. The van der Waals surface area contributed by atoms with E-state index in [4.69, 9.17) is 9.15 Å². The molecule has 0 aliphatic carbocycles. The van der Waals surface area contributed by atoms with E-state index in [0.29, 0.717) is 41.9 Å². The number of ether oxygens (including phenoxy) is 1. The van der Waals surface area contributed by atoms with Crippen LogP contribution >= 0.6 is 0 Å². The topological polar surface area (TPSA) is 66.9 Å². The van der Waals surface area contributed by atoms with Gasteiger partial charge in [-0.2, -0.15) is 0 Å². The molecule has 0 radical (unpaired) electrons. The summed E-state index contributed by atoms with van der Waals surface area (Å²) in [5, 5.41) is 12.9. The summed E-state index contributed by atoms with van der Waals surface area (Å²) in [4.78, 5) is 14.2. The average molecular weight is 440 g/mol. The van der Waals surface area contributed by atoms with Crippen LogP contribution in [-0.4, -0.2) is 13.1 Å². The second-order valence-corrected chi connectivity index (χ2v) is 7.75. The Kier molecular flexibility index (Phi) is 6.72. The van der Waals surface area contributed by atoms with E-state index in [1.807, 2.05) is 54.6 Å². The van der Waals surface area contributed by atoms with E-state index in [0.717, 1.165) is 16.0 Å². The molecule has 33 heavy (non-hydrogen) atoms. The number of benzene rings is 3. The van der Waals surface area contributed by atoms with Crippen molar-refractivity contribution in [3.05, 3.63) is 114 Å². The molecule has 0 bridgehead atoms. The first-order chi connectivity index (χ1) is 16.1. The van der Waals surface area contributed by atoms with Gasteiger partial charge in [0.2, 0.25) is 11.2 Å². The second kappa shape index (κ2) is 10.0. The fourth-order valence-electron chi connectivity index (χ4n) is 3.82. The predicted octanol–water partition coefficient (Wildman–Crippen LogP) is 4.08. The third-order valence-electron chi connectivity index (χ3n) is 5.45. The molecule has 0 saturated heterocycles. The average Bonchev–Trinajstić information content (AvgIpc) is 2.84. The van der Waals surface area contributed by atoms with Gasteiger partial charge in [-0.25, -0.2) is 0 Å². The Labute approximate surface area is 192 Å². The van der Waals surface area contributed by atoms with Crippen molar-refractivity contribution in [3.8, 4) is 28.4 Å². The Hall–Kier alpha value is -4.09.